The fourth-order valence-electron chi connectivity index (χ4n) is 0.534. The molecular weight excluding hydrogens is 125 g/mol. The second-order valence-corrected chi connectivity index (χ2v) is 3.08. The van der Waals surface area contributed by atoms with Crippen molar-refractivity contribution in [3.05, 3.63) is 0 Å². The van der Waals surface area contributed by atoms with Crippen molar-refractivity contribution in [2.24, 2.45) is 5.73 Å². The highest BCUT2D eigenvalue weighted by molar-refractivity contribution is 7.47. The molecule has 0 unspecified atom stereocenters. The van der Waals surface area contributed by atoms with E-state index in [4.69, 9.17) is 14.8 Å². The number of rotatable bonds is 1. The molecule has 0 radical (unpaired) electrons. The molecular formula is C4H10NO2P. The second-order valence-electron chi connectivity index (χ2n) is 1.54. The average molecular weight is 135 g/mol. The first kappa shape index (κ1) is 6.43. The van der Waals surface area contributed by atoms with Crippen LogP contribution in [0.5, 0.6) is 0 Å². The fourth-order valence-corrected chi connectivity index (χ4v) is 1.49. The summed E-state index contributed by atoms with van der Waals surface area (Å²) in [4.78, 5) is 0. The molecule has 1 aliphatic rings. The molecule has 4 heteroatoms. The van der Waals surface area contributed by atoms with Crippen LogP contribution in [-0.4, -0.2) is 19.5 Å². The summed E-state index contributed by atoms with van der Waals surface area (Å²) in [6.07, 6.45) is 1.55. The lowest BCUT2D eigenvalue weighted by molar-refractivity contribution is 0.182. The van der Waals surface area contributed by atoms with Gasteiger partial charge in [0.1, 0.15) is 0 Å². The van der Waals surface area contributed by atoms with Crippen molar-refractivity contribution in [3.8, 4) is 0 Å². The number of nitrogens with two attached hydrogens (primary N) is 1. The minimum Gasteiger partial charge on any atom is -0.333 e. The van der Waals surface area contributed by atoms with Gasteiger partial charge in [-0.3, -0.25) is 0 Å². The Balaban J connectivity index is 2.13. The van der Waals surface area contributed by atoms with E-state index in [1.807, 2.05) is 0 Å². The second kappa shape index (κ2) is 3.36. The van der Waals surface area contributed by atoms with Crippen LogP contribution in [-0.2, 0) is 9.05 Å². The van der Waals surface area contributed by atoms with E-state index in [0.717, 1.165) is 19.6 Å². The largest absolute Gasteiger partial charge is 0.333 e. The van der Waals surface area contributed by atoms with Gasteiger partial charge in [0, 0.05) is 0 Å². The highest BCUT2D eigenvalue weighted by atomic mass is 31.2. The molecule has 8 heavy (non-hydrogen) atoms. The summed E-state index contributed by atoms with van der Waals surface area (Å²) in [7, 11) is -0.692. The molecule has 1 aliphatic heterocycles. The van der Waals surface area contributed by atoms with Gasteiger partial charge < -0.3 is 14.8 Å². The summed E-state index contributed by atoms with van der Waals surface area (Å²) < 4.78 is 10.3. The van der Waals surface area contributed by atoms with Crippen LogP contribution < -0.4 is 5.73 Å². The van der Waals surface area contributed by atoms with Crippen LogP contribution in [0.25, 0.3) is 0 Å². The molecule has 2 N–H and O–H groups in total. The van der Waals surface area contributed by atoms with Gasteiger partial charge in [-0.25, -0.2) is 0 Å². The fraction of sp³-hybridized carbons (Fsp3) is 1.00. The quantitative estimate of drug-likeness (QED) is 0.537. The summed E-state index contributed by atoms with van der Waals surface area (Å²) in [5.74, 6) is 0. The van der Waals surface area contributed by atoms with Gasteiger partial charge in [-0.2, -0.15) is 0 Å². The average Bonchev–Trinajstić information content (AvgIpc) is 1.90. The summed E-state index contributed by atoms with van der Waals surface area (Å²) >= 11 is 0. The molecule has 0 aromatic rings. The van der Waals surface area contributed by atoms with Gasteiger partial charge in [0.15, 0.2) is 8.38 Å². The zero-order chi connectivity index (χ0) is 5.82. The zero-order valence-electron chi connectivity index (χ0n) is 4.67. The molecule has 0 aromatic carbocycles. The van der Waals surface area contributed by atoms with Crippen LogP contribution in [0.15, 0.2) is 0 Å². The number of hydrogen-bond acceptors (Lipinski definition) is 3. The van der Waals surface area contributed by atoms with Crippen LogP contribution in [0.4, 0.5) is 0 Å². The predicted octanol–water partition coefficient (Wildman–Crippen LogP) is 0.651. The minimum atomic E-state index is -0.692. The van der Waals surface area contributed by atoms with Crippen molar-refractivity contribution in [1.82, 2.24) is 0 Å². The smallest absolute Gasteiger partial charge is 0.185 e. The molecule has 0 aromatic heterocycles. The lowest BCUT2D eigenvalue weighted by atomic mass is 10.5. The SMILES string of the molecule is NCP1OCCCO1. The Bertz CT molecular complexity index is 65.1. The van der Waals surface area contributed by atoms with Crippen LogP contribution in [0.2, 0.25) is 0 Å². The Morgan fingerprint density at radius 2 is 2.00 bits per heavy atom. The topological polar surface area (TPSA) is 44.5 Å². The van der Waals surface area contributed by atoms with E-state index >= 15 is 0 Å². The third-order valence-corrected chi connectivity index (χ3v) is 2.15. The molecule has 1 rings (SSSR count). The standard InChI is InChI=1S/C4H10NO2P/c5-4-8-6-2-1-3-7-8/h1-5H2. The van der Waals surface area contributed by atoms with E-state index in [1.165, 1.54) is 0 Å². The Hall–Kier alpha value is 0.310. The molecule has 0 spiro atoms. The molecule has 0 atom stereocenters. The summed E-state index contributed by atoms with van der Waals surface area (Å²) in [5, 5.41) is 0. The van der Waals surface area contributed by atoms with Gasteiger partial charge in [-0.1, -0.05) is 0 Å². The normalized spacial score (nSPS) is 23.6. The van der Waals surface area contributed by atoms with E-state index in [1.54, 1.807) is 0 Å². The van der Waals surface area contributed by atoms with E-state index < -0.39 is 8.38 Å². The zero-order valence-corrected chi connectivity index (χ0v) is 5.56. The lowest BCUT2D eigenvalue weighted by Crippen LogP contribution is -2.10. The molecule has 1 fully saturated rings. The molecule has 1 saturated heterocycles. The summed E-state index contributed by atoms with van der Waals surface area (Å²) in [5.41, 5.74) is 5.28. The van der Waals surface area contributed by atoms with Crippen molar-refractivity contribution < 1.29 is 9.05 Å². The Labute approximate surface area is 50.1 Å². The minimum absolute atomic E-state index is 0.537. The van der Waals surface area contributed by atoms with Gasteiger partial charge in [-0.05, 0) is 6.42 Å². The molecule has 1 heterocycles. The molecule has 0 bridgehead atoms. The Kier molecular flexibility index (Phi) is 2.70. The summed E-state index contributed by atoms with van der Waals surface area (Å²) in [6.45, 7) is 1.64. The summed E-state index contributed by atoms with van der Waals surface area (Å²) in [6, 6.07) is 0. The molecule has 0 aliphatic carbocycles. The van der Waals surface area contributed by atoms with Gasteiger partial charge >= 0.3 is 0 Å². The van der Waals surface area contributed by atoms with Crippen LogP contribution in [0.3, 0.4) is 0 Å². The monoisotopic (exact) mass is 135 g/mol. The van der Waals surface area contributed by atoms with Crippen molar-refractivity contribution >= 4 is 8.38 Å². The molecule has 3 nitrogen and oxygen atoms in total. The maximum absolute atomic E-state index is 5.28. The highest BCUT2D eigenvalue weighted by Gasteiger charge is 2.11. The third-order valence-electron chi connectivity index (χ3n) is 0.908. The van der Waals surface area contributed by atoms with E-state index in [2.05, 4.69) is 0 Å². The Morgan fingerprint density at radius 3 is 2.38 bits per heavy atom. The predicted molar refractivity (Wildman–Crippen MR) is 32.5 cm³/mol. The van der Waals surface area contributed by atoms with Crippen LogP contribution >= 0.6 is 8.38 Å². The Morgan fingerprint density at radius 1 is 1.38 bits per heavy atom. The number of hydrogen-bond donors (Lipinski definition) is 1. The molecule has 48 valence electrons. The van der Waals surface area contributed by atoms with Crippen molar-refractivity contribution in [2.45, 2.75) is 6.42 Å². The van der Waals surface area contributed by atoms with E-state index in [9.17, 15) is 0 Å². The lowest BCUT2D eigenvalue weighted by Gasteiger charge is -2.19. The van der Waals surface area contributed by atoms with Gasteiger partial charge in [0.2, 0.25) is 0 Å². The van der Waals surface area contributed by atoms with E-state index in [0.29, 0.717) is 6.29 Å². The third kappa shape index (κ3) is 1.67. The highest BCUT2D eigenvalue weighted by Crippen LogP contribution is 2.38. The first-order valence-electron chi connectivity index (χ1n) is 2.67. The van der Waals surface area contributed by atoms with Crippen molar-refractivity contribution in [1.29, 1.82) is 0 Å². The van der Waals surface area contributed by atoms with E-state index in [-0.39, 0.29) is 0 Å². The first-order valence-corrected chi connectivity index (χ1v) is 4.03. The maximum Gasteiger partial charge on any atom is 0.185 e. The molecule has 0 saturated carbocycles. The van der Waals surface area contributed by atoms with Gasteiger partial charge in [0.05, 0.1) is 19.5 Å². The van der Waals surface area contributed by atoms with Crippen LogP contribution in [0, 0.1) is 0 Å². The maximum atomic E-state index is 5.28. The van der Waals surface area contributed by atoms with Crippen LogP contribution in [0.1, 0.15) is 6.42 Å². The molecule has 0 amide bonds. The van der Waals surface area contributed by atoms with Crippen molar-refractivity contribution in [3.63, 3.8) is 0 Å². The van der Waals surface area contributed by atoms with Gasteiger partial charge in [0.25, 0.3) is 0 Å². The van der Waals surface area contributed by atoms with Gasteiger partial charge in [-0.15, -0.1) is 0 Å². The van der Waals surface area contributed by atoms with Crippen molar-refractivity contribution in [2.75, 3.05) is 19.5 Å². The first-order chi connectivity index (χ1) is 3.93.